The van der Waals surface area contributed by atoms with Crippen molar-refractivity contribution in [3.05, 3.63) is 53.7 Å². The Morgan fingerprint density at radius 2 is 2.29 bits per heavy atom. The fourth-order valence-electron chi connectivity index (χ4n) is 2.89. The normalized spacial score (nSPS) is 17.3. The molecule has 0 saturated carbocycles. The number of hydrogen-bond donors (Lipinski definition) is 1. The molecule has 0 unspecified atom stereocenters. The maximum absolute atomic E-state index is 12.3. The van der Waals surface area contributed by atoms with Crippen LogP contribution < -0.4 is 5.32 Å². The second kappa shape index (κ2) is 7.29. The third kappa shape index (κ3) is 4.01. The highest BCUT2D eigenvalue weighted by Crippen LogP contribution is 2.20. The Balaban J connectivity index is 1.47. The Morgan fingerprint density at radius 3 is 3.00 bits per heavy atom. The number of nitrogens with one attached hydrogen (secondary N) is 1. The van der Waals surface area contributed by atoms with Gasteiger partial charge in [0.2, 0.25) is 11.8 Å². The van der Waals surface area contributed by atoms with Gasteiger partial charge < -0.3 is 14.6 Å². The highest BCUT2D eigenvalue weighted by Gasteiger charge is 2.34. The minimum absolute atomic E-state index is 0.0145. The quantitative estimate of drug-likeness (QED) is 0.876. The second-order valence-corrected chi connectivity index (χ2v) is 6.09. The van der Waals surface area contributed by atoms with E-state index in [-0.39, 0.29) is 24.2 Å². The van der Waals surface area contributed by atoms with E-state index in [0.717, 1.165) is 17.1 Å². The predicted octanol–water partition coefficient (Wildman–Crippen LogP) is 1.69. The zero-order valence-electron chi connectivity index (χ0n) is 13.7. The fraction of sp³-hybridized carbons (Fsp3) is 0.389. The maximum Gasteiger partial charge on any atom is 0.225 e. The molecule has 6 nitrogen and oxygen atoms in total. The summed E-state index contributed by atoms with van der Waals surface area (Å²) in [4.78, 5) is 30.1. The zero-order valence-corrected chi connectivity index (χ0v) is 13.7. The average Bonchev–Trinajstić information content (AvgIpc) is 3.15. The SMILES string of the molecule is Cc1ccc(CCNC(=O)[C@@H]2CC(=O)N(Cc3cccnc3)C2)o1. The van der Waals surface area contributed by atoms with Crippen molar-refractivity contribution in [3.8, 4) is 0 Å². The van der Waals surface area contributed by atoms with Gasteiger partial charge in [-0.05, 0) is 30.7 Å². The number of aromatic nitrogens is 1. The summed E-state index contributed by atoms with van der Waals surface area (Å²) in [6.07, 6.45) is 4.36. The molecule has 0 radical (unpaired) electrons. The zero-order chi connectivity index (χ0) is 16.9. The van der Waals surface area contributed by atoms with Gasteiger partial charge in [-0.3, -0.25) is 14.6 Å². The number of pyridine rings is 1. The van der Waals surface area contributed by atoms with Gasteiger partial charge in [-0.15, -0.1) is 0 Å². The van der Waals surface area contributed by atoms with Crippen LogP contribution in [0.4, 0.5) is 0 Å². The van der Waals surface area contributed by atoms with Crippen LogP contribution in [0.2, 0.25) is 0 Å². The van der Waals surface area contributed by atoms with E-state index in [4.69, 9.17) is 4.42 Å². The molecule has 0 spiro atoms. The number of carbonyl (C=O) groups excluding carboxylic acids is 2. The first-order valence-corrected chi connectivity index (χ1v) is 8.11. The lowest BCUT2D eigenvalue weighted by atomic mass is 10.1. The molecule has 6 heteroatoms. The average molecular weight is 327 g/mol. The first-order valence-electron chi connectivity index (χ1n) is 8.11. The summed E-state index contributed by atoms with van der Waals surface area (Å²) < 4.78 is 5.47. The number of amides is 2. The van der Waals surface area contributed by atoms with E-state index in [0.29, 0.717) is 26.1 Å². The molecule has 0 aromatic carbocycles. The van der Waals surface area contributed by atoms with Gasteiger partial charge in [-0.1, -0.05) is 6.07 Å². The first kappa shape index (κ1) is 16.2. The molecule has 1 aliphatic heterocycles. The Bertz CT molecular complexity index is 711. The summed E-state index contributed by atoms with van der Waals surface area (Å²) in [5, 5.41) is 2.90. The van der Waals surface area contributed by atoms with Gasteiger partial charge in [0.1, 0.15) is 11.5 Å². The van der Waals surface area contributed by atoms with Crippen molar-refractivity contribution in [2.24, 2.45) is 5.92 Å². The molecule has 0 aliphatic carbocycles. The van der Waals surface area contributed by atoms with E-state index < -0.39 is 0 Å². The van der Waals surface area contributed by atoms with Crippen molar-refractivity contribution in [2.75, 3.05) is 13.1 Å². The molecule has 126 valence electrons. The monoisotopic (exact) mass is 327 g/mol. The fourth-order valence-corrected chi connectivity index (χ4v) is 2.89. The maximum atomic E-state index is 12.3. The van der Waals surface area contributed by atoms with Crippen molar-refractivity contribution >= 4 is 11.8 Å². The van der Waals surface area contributed by atoms with Crippen LogP contribution in [0.5, 0.6) is 0 Å². The molecule has 2 amide bonds. The number of rotatable bonds is 6. The van der Waals surface area contributed by atoms with Gasteiger partial charge in [0.15, 0.2) is 0 Å². The number of carbonyl (C=O) groups is 2. The molecule has 3 rings (SSSR count). The highest BCUT2D eigenvalue weighted by molar-refractivity contribution is 5.89. The molecule has 1 saturated heterocycles. The van der Waals surface area contributed by atoms with Crippen molar-refractivity contribution in [1.82, 2.24) is 15.2 Å². The van der Waals surface area contributed by atoms with Gasteiger partial charge in [-0.2, -0.15) is 0 Å². The predicted molar refractivity (Wildman–Crippen MR) is 87.9 cm³/mol. The Morgan fingerprint density at radius 1 is 1.42 bits per heavy atom. The van der Waals surface area contributed by atoms with Crippen LogP contribution in [-0.2, 0) is 22.6 Å². The van der Waals surface area contributed by atoms with Crippen LogP contribution >= 0.6 is 0 Å². The van der Waals surface area contributed by atoms with E-state index in [9.17, 15) is 9.59 Å². The molecule has 3 heterocycles. The Labute approximate surface area is 140 Å². The number of nitrogens with zero attached hydrogens (tertiary/aromatic N) is 2. The molecule has 1 fully saturated rings. The van der Waals surface area contributed by atoms with Crippen LogP contribution in [0.15, 0.2) is 41.1 Å². The smallest absolute Gasteiger partial charge is 0.225 e. The molecule has 1 atom stereocenters. The lowest BCUT2D eigenvalue weighted by Gasteiger charge is -2.16. The Hall–Kier alpha value is -2.63. The molecular formula is C18H21N3O3. The van der Waals surface area contributed by atoms with Gasteiger partial charge >= 0.3 is 0 Å². The lowest BCUT2D eigenvalue weighted by Crippen LogP contribution is -2.34. The summed E-state index contributed by atoms with van der Waals surface area (Å²) in [6, 6.07) is 7.59. The summed E-state index contributed by atoms with van der Waals surface area (Å²) in [6.45, 7) is 3.36. The summed E-state index contributed by atoms with van der Waals surface area (Å²) in [5.41, 5.74) is 0.972. The summed E-state index contributed by atoms with van der Waals surface area (Å²) in [5.74, 6) is 1.38. The third-order valence-electron chi connectivity index (χ3n) is 4.15. The first-order chi connectivity index (χ1) is 11.6. The molecule has 0 bridgehead atoms. The lowest BCUT2D eigenvalue weighted by molar-refractivity contribution is -0.129. The van der Waals surface area contributed by atoms with Gasteiger partial charge in [0.25, 0.3) is 0 Å². The second-order valence-electron chi connectivity index (χ2n) is 6.09. The largest absolute Gasteiger partial charge is 0.466 e. The van der Waals surface area contributed by atoms with Crippen LogP contribution in [0, 0.1) is 12.8 Å². The minimum atomic E-state index is -0.285. The summed E-state index contributed by atoms with van der Waals surface area (Å²) in [7, 11) is 0. The van der Waals surface area contributed by atoms with Crippen molar-refractivity contribution in [1.29, 1.82) is 0 Å². The van der Waals surface area contributed by atoms with Crippen LogP contribution in [0.3, 0.4) is 0 Å². The third-order valence-corrected chi connectivity index (χ3v) is 4.15. The molecule has 1 N–H and O–H groups in total. The van der Waals surface area contributed by atoms with Gasteiger partial charge in [-0.25, -0.2) is 0 Å². The number of hydrogen-bond acceptors (Lipinski definition) is 4. The number of aryl methyl sites for hydroxylation is 1. The number of furan rings is 1. The highest BCUT2D eigenvalue weighted by atomic mass is 16.3. The number of likely N-dealkylation sites (tertiary alicyclic amines) is 1. The van der Waals surface area contributed by atoms with E-state index in [2.05, 4.69) is 10.3 Å². The molecule has 1 aliphatic rings. The van der Waals surface area contributed by atoms with E-state index >= 15 is 0 Å². The molecular weight excluding hydrogens is 306 g/mol. The van der Waals surface area contributed by atoms with E-state index in [1.54, 1.807) is 17.3 Å². The summed E-state index contributed by atoms with van der Waals surface area (Å²) >= 11 is 0. The van der Waals surface area contributed by atoms with Crippen molar-refractivity contribution in [2.45, 2.75) is 26.3 Å². The topological polar surface area (TPSA) is 75.4 Å². The molecule has 24 heavy (non-hydrogen) atoms. The molecule has 2 aromatic heterocycles. The van der Waals surface area contributed by atoms with E-state index in [1.807, 2.05) is 31.2 Å². The van der Waals surface area contributed by atoms with Gasteiger partial charge in [0.05, 0.1) is 5.92 Å². The van der Waals surface area contributed by atoms with Gasteiger partial charge in [0, 0.05) is 44.9 Å². The van der Waals surface area contributed by atoms with Crippen molar-refractivity contribution < 1.29 is 14.0 Å². The minimum Gasteiger partial charge on any atom is -0.466 e. The standard InChI is InChI=1S/C18H21N3O3/c1-13-4-5-16(24-13)6-8-20-18(23)15-9-17(22)21(12-15)11-14-3-2-7-19-10-14/h2-5,7,10,15H,6,8-9,11-12H2,1H3,(H,20,23)/t15-/m1/s1. The van der Waals surface area contributed by atoms with Crippen LogP contribution in [0.1, 0.15) is 23.5 Å². The Kier molecular flexibility index (Phi) is 4.93. The van der Waals surface area contributed by atoms with Crippen LogP contribution in [-0.4, -0.2) is 34.8 Å². The van der Waals surface area contributed by atoms with Crippen molar-refractivity contribution in [3.63, 3.8) is 0 Å². The van der Waals surface area contributed by atoms with E-state index in [1.165, 1.54) is 0 Å². The molecule has 2 aromatic rings. The van der Waals surface area contributed by atoms with Crippen LogP contribution in [0.25, 0.3) is 0 Å².